The Morgan fingerprint density at radius 3 is 2.50 bits per heavy atom. The minimum Gasteiger partial charge on any atom is -0.300 e. The molecule has 0 bridgehead atoms. The number of carbonyl (C=O) groups is 1. The maximum atomic E-state index is 11.1. The zero-order valence-electron chi connectivity index (χ0n) is 8.36. The normalized spacial score (nSPS) is 18.5. The first-order chi connectivity index (χ1) is 6.77. The third-order valence-corrected chi connectivity index (χ3v) is 2.85. The van der Waals surface area contributed by atoms with Gasteiger partial charge in [-0.05, 0) is 19.8 Å². The van der Waals surface area contributed by atoms with E-state index in [9.17, 15) is 4.79 Å². The zero-order valence-corrected chi connectivity index (χ0v) is 8.36. The van der Waals surface area contributed by atoms with E-state index >= 15 is 0 Å². The quantitative estimate of drug-likeness (QED) is 0.680. The Morgan fingerprint density at radius 1 is 1.21 bits per heavy atom. The van der Waals surface area contributed by atoms with E-state index in [0.717, 1.165) is 24.2 Å². The summed E-state index contributed by atoms with van der Waals surface area (Å²) in [5, 5.41) is 0. The van der Waals surface area contributed by atoms with Crippen molar-refractivity contribution in [3.63, 3.8) is 0 Å². The highest BCUT2D eigenvalue weighted by atomic mass is 16.1. The average Bonchev–Trinajstić information content (AvgIpc) is 2.20. The molecule has 1 aliphatic rings. The van der Waals surface area contributed by atoms with Crippen molar-refractivity contribution in [3.8, 4) is 0 Å². The molecule has 1 fully saturated rings. The first kappa shape index (κ1) is 9.31. The molecule has 1 aliphatic carbocycles. The van der Waals surface area contributed by atoms with Gasteiger partial charge in [-0.3, -0.25) is 14.8 Å². The highest BCUT2D eigenvalue weighted by Crippen LogP contribution is 2.30. The second-order valence-corrected chi connectivity index (χ2v) is 3.84. The molecular formula is C11H14N2O. The minimum absolute atomic E-state index is 0.391. The molecule has 1 aromatic rings. The maximum absolute atomic E-state index is 11.1. The lowest BCUT2D eigenvalue weighted by molar-refractivity contribution is -0.120. The van der Waals surface area contributed by atoms with Crippen LogP contribution in [-0.4, -0.2) is 15.8 Å². The van der Waals surface area contributed by atoms with E-state index in [1.165, 1.54) is 0 Å². The average molecular weight is 190 g/mol. The lowest BCUT2D eigenvalue weighted by Gasteiger charge is -2.20. The Bertz CT molecular complexity index is 339. The van der Waals surface area contributed by atoms with Gasteiger partial charge in [0.05, 0.1) is 11.4 Å². The highest BCUT2D eigenvalue weighted by molar-refractivity contribution is 5.79. The molecule has 0 aliphatic heterocycles. The molecule has 0 atom stereocenters. The Labute approximate surface area is 83.6 Å². The van der Waals surface area contributed by atoms with Gasteiger partial charge in [-0.2, -0.15) is 0 Å². The van der Waals surface area contributed by atoms with Crippen molar-refractivity contribution in [3.05, 3.63) is 23.8 Å². The van der Waals surface area contributed by atoms with Crippen molar-refractivity contribution >= 4 is 5.78 Å². The molecule has 0 unspecified atom stereocenters. The summed E-state index contributed by atoms with van der Waals surface area (Å²) in [4.78, 5) is 19.7. The number of carbonyl (C=O) groups excluding carboxylic acids is 1. The van der Waals surface area contributed by atoms with Gasteiger partial charge in [-0.25, -0.2) is 0 Å². The van der Waals surface area contributed by atoms with Gasteiger partial charge in [0.2, 0.25) is 0 Å². The predicted octanol–water partition coefficient (Wildman–Crippen LogP) is 2.01. The standard InChI is InChI=1S/C11H14N2O/c1-8-11(13-7-6-12-8)9-2-4-10(14)5-3-9/h6-7,9H,2-5H2,1H3. The number of aryl methyl sites for hydroxylation is 1. The number of ketones is 1. The summed E-state index contributed by atoms with van der Waals surface area (Å²) in [6, 6.07) is 0. The fourth-order valence-electron chi connectivity index (χ4n) is 2.03. The molecule has 0 saturated heterocycles. The van der Waals surface area contributed by atoms with E-state index in [0.29, 0.717) is 24.5 Å². The summed E-state index contributed by atoms with van der Waals surface area (Å²) in [7, 11) is 0. The van der Waals surface area contributed by atoms with Gasteiger partial charge in [-0.15, -0.1) is 0 Å². The van der Waals surface area contributed by atoms with Crippen molar-refractivity contribution < 1.29 is 4.79 Å². The van der Waals surface area contributed by atoms with Crippen molar-refractivity contribution in [2.45, 2.75) is 38.5 Å². The third kappa shape index (κ3) is 1.81. The summed E-state index contributed by atoms with van der Waals surface area (Å²) in [5.41, 5.74) is 2.09. The van der Waals surface area contributed by atoms with E-state index in [2.05, 4.69) is 9.97 Å². The summed E-state index contributed by atoms with van der Waals surface area (Å²) in [5.74, 6) is 0.837. The Balaban J connectivity index is 2.16. The number of Topliss-reactive ketones (excluding diaryl/α,β-unsaturated/α-hetero) is 1. The van der Waals surface area contributed by atoms with Crippen LogP contribution in [-0.2, 0) is 4.79 Å². The SMILES string of the molecule is Cc1nccnc1C1CCC(=O)CC1. The summed E-state index contributed by atoms with van der Waals surface area (Å²) in [6.07, 6.45) is 6.75. The van der Waals surface area contributed by atoms with E-state index < -0.39 is 0 Å². The number of hydrogen-bond acceptors (Lipinski definition) is 3. The largest absolute Gasteiger partial charge is 0.300 e. The molecule has 1 heterocycles. The smallest absolute Gasteiger partial charge is 0.132 e. The van der Waals surface area contributed by atoms with Gasteiger partial charge >= 0.3 is 0 Å². The Kier molecular flexibility index (Phi) is 2.57. The fraction of sp³-hybridized carbons (Fsp3) is 0.545. The van der Waals surface area contributed by atoms with Gasteiger partial charge in [0.15, 0.2) is 0 Å². The second-order valence-electron chi connectivity index (χ2n) is 3.84. The summed E-state index contributed by atoms with van der Waals surface area (Å²) in [6.45, 7) is 1.98. The van der Waals surface area contributed by atoms with Crippen LogP contribution in [0.4, 0.5) is 0 Å². The molecule has 0 amide bonds. The van der Waals surface area contributed by atoms with Crippen molar-refractivity contribution in [1.29, 1.82) is 0 Å². The molecule has 14 heavy (non-hydrogen) atoms. The first-order valence-electron chi connectivity index (χ1n) is 5.06. The van der Waals surface area contributed by atoms with Gasteiger partial charge in [-0.1, -0.05) is 0 Å². The molecule has 74 valence electrons. The van der Waals surface area contributed by atoms with Crippen LogP contribution in [0, 0.1) is 6.92 Å². The summed E-state index contributed by atoms with van der Waals surface area (Å²) >= 11 is 0. The molecular weight excluding hydrogens is 176 g/mol. The fourth-order valence-corrected chi connectivity index (χ4v) is 2.03. The Morgan fingerprint density at radius 2 is 1.86 bits per heavy atom. The molecule has 2 rings (SSSR count). The van der Waals surface area contributed by atoms with Crippen molar-refractivity contribution in [2.75, 3.05) is 0 Å². The first-order valence-corrected chi connectivity index (χ1v) is 5.06. The lowest BCUT2D eigenvalue weighted by Crippen LogP contribution is -2.14. The second kappa shape index (κ2) is 3.86. The van der Waals surface area contributed by atoms with E-state index in [1.54, 1.807) is 12.4 Å². The summed E-state index contributed by atoms with van der Waals surface area (Å²) < 4.78 is 0. The number of rotatable bonds is 1. The molecule has 1 aromatic heterocycles. The topological polar surface area (TPSA) is 42.9 Å². The monoisotopic (exact) mass is 190 g/mol. The van der Waals surface area contributed by atoms with E-state index in [4.69, 9.17) is 0 Å². The number of hydrogen-bond donors (Lipinski definition) is 0. The molecule has 0 spiro atoms. The molecule has 0 aromatic carbocycles. The predicted molar refractivity (Wildman–Crippen MR) is 53.0 cm³/mol. The zero-order chi connectivity index (χ0) is 9.97. The van der Waals surface area contributed by atoms with Crippen LogP contribution in [0.1, 0.15) is 43.0 Å². The van der Waals surface area contributed by atoms with E-state index in [1.807, 2.05) is 6.92 Å². The van der Waals surface area contributed by atoms with Gasteiger partial charge in [0, 0.05) is 31.2 Å². The van der Waals surface area contributed by atoms with E-state index in [-0.39, 0.29) is 0 Å². The molecule has 0 radical (unpaired) electrons. The van der Waals surface area contributed by atoms with Crippen molar-refractivity contribution in [2.24, 2.45) is 0 Å². The third-order valence-electron chi connectivity index (χ3n) is 2.85. The highest BCUT2D eigenvalue weighted by Gasteiger charge is 2.22. The molecule has 3 heteroatoms. The molecule has 3 nitrogen and oxygen atoms in total. The van der Waals surface area contributed by atoms with Crippen LogP contribution in [0.5, 0.6) is 0 Å². The van der Waals surface area contributed by atoms with Gasteiger partial charge < -0.3 is 0 Å². The maximum Gasteiger partial charge on any atom is 0.132 e. The van der Waals surface area contributed by atoms with Gasteiger partial charge in [0.25, 0.3) is 0 Å². The van der Waals surface area contributed by atoms with Crippen LogP contribution in [0.2, 0.25) is 0 Å². The van der Waals surface area contributed by atoms with Crippen LogP contribution in [0.3, 0.4) is 0 Å². The number of aromatic nitrogens is 2. The lowest BCUT2D eigenvalue weighted by atomic mass is 9.85. The van der Waals surface area contributed by atoms with Gasteiger partial charge in [0.1, 0.15) is 5.78 Å². The van der Waals surface area contributed by atoms with Crippen LogP contribution in [0.25, 0.3) is 0 Å². The van der Waals surface area contributed by atoms with Crippen LogP contribution >= 0.6 is 0 Å². The molecule has 1 saturated carbocycles. The Hall–Kier alpha value is -1.25. The van der Waals surface area contributed by atoms with Crippen molar-refractivity contribution in [1.82, 2.24) is 9.97 Å². The van der Waals surface area contributed by atoms with Crippen LogP contribution in [0.15, 0.2) is 12.4 Å². The van der Waals surface area contributed by atoms with Crippen LogP contribution < -0.4 is 0 Å². The molecule has 0 N–H and O–H groups in total. The number of nitrogens with zero attached hydrogens (tertiary/aromatic N) is 2. The minimum atomic E-state index is 0.391.